The summed E-state index contributed by atoms with van der Waals surface area (Å²) in [4.78, 5) is 14.4. The smallest absolute Gasteiger partial charge is 0.354 e. The quantitative estimate of drug-likeness (QED) is 0.803. The molecular weight excluding hydrogens is 216 g/mol. The summed E-state index contributed by atoms with van der Waals surface area (Å²) in [5.74, 6) is -0.740. The van der Waals surface area contributed by atoms with Gasteiger partial charge in [-0.2, -0.15) is 0 Å². The number of nitrogens with one attached hydrogen (secondary N) is 1. The molecule has 0 saturated heterocycles. The lowest BCUT2D eigenvalue weighted by Gasteiger charge is -2.04. The van der Waals surface area contributed by atoms with E-state index in [0.29, 0.717) is 5.82 Å². The van der Waals surface area contributed by atoms with Crippen molar-refractivity contribution in [3.8, 4) is 0 Å². The number of nitrogens with zero attached hydrogens (tertiary/aromatic N) is 1. The molecule has 0 radical (unpaired) electrons. The number of carbonyl (C=O) groups is 1. The van der Waals surface area contributed by atoms with Crippen molar-refractivity contribution in [3.63, 3.8) is 0 Å². The summed E-state index contributed by atoms with van der Waals surface area (Å²) in [6.45, 7) is 0. The van der Waals surface area contributed by atoms with Crippen molar-refractivity contribution in [1.29, 1.82) is 0 Å². The van der Waals surface area contributed by atoms with Gasteiger partial charge in [0.1, 0.15) is 16.8 Å². The number of anilines is 1. The second-order valence-corrected chi connectivity index (χ2v) is 4.78. The van der Waals surface area contributed by atoms with Gasteiger partial charge in [0.15, 0.2) is 5.69 Å². The Balaban J connectivity index is 2.10. The van der Waals surface area contributed by atoms with Gasteiger partial charge in [-0.25, -0.2) is 14.0 Å². The predicted molar refractivity (Wildman–Crippen MR) is 56.0 cm³/mol. The first-order valence-corrected chi connectivity index (χ1v) is 5.75. The van der Waals surface area contributed by atoms with E-state index >= 15 is 0 Å². The zero-order valence-corrected chi connectivity index (χ0v) is 8.66. The van der Waals surface area contributed by atoms with Crippen molar-refractivity contribution in [1.82, 2.24) is 4.98 Å². The van der Waals surface area contributed by atoms with Gasteiger partial charge in [-0.1, -0.05) is 6.07 Å². The first-order valence-electron chi connectivity index (χ1n) is 4.54. The lowest BCUT2D eigenvalue weighted by atomic mass is 10.3. The van der Waals surface area contributed by atoms with E-state index in [0.717, 1.165) is 12.8 Å². The van der Waals surface area contributed by atoms with E-state index in [1.54, 1.807) is 12.1 Å². The standard InChI is InChI=1S/C9H10N2O3S/c12-9(13)7-2-1-3-8(10-7)11-15(14)6-4-5-6/h1-3,6H,4-5H2,(H,10,11)(H,12,13). The van der Waals surface area contributed by atoms with Crippen LogP contribution in [-0.4, -0.2) is 25.5 Å². The molecule has 1 aliphatic rings. The van der Waals surface area contributed by atoms with Crippen molar-refractivity contribution < 1.29 is 14.1 Å². The van der Waals surface area contributed by atoms with E-state index in [9.17, 15) is 9.00 Å². The second kappa shape index (κ2) is 3.98. The molecule has 2 N–H and O–H groups in total. The lowest BCUT2D eigenvalue weighted by molar-refractivity contribution is 0.0690. The van der Waals surface area contributed by atoms with Crippen LogP contribution < -0.4 is 4.72 Å². The number of carboxylic acids is 1. The molecule has 0 aliphatic heterocycles. The monoisotopic (exact) mass is 226 g/mol. The third-order valence-electron chi connectivity index (χ3n) is 2.00. The highest BCUT2D eigenvalue weighted by molar-refractivity contribution is 7.87. The third kappa shape index (κ3) is 2.53. The van der Waals surface area contributed by atoms with Gasteiger partial charge in [-0.05, 0) is 25.0 Å². The number of hydrogen-bond donors (Lipinski definition) is 2. The zero-order valence-electron chi connectivity index (χ0n) is 7.84. The van der Waals surface area contributed by atoms with Crippen molar-refractivity contribution in [2.45, 2.75) is 18.1 Å². The van der Waals surface area contributed by atoms with Gasteiger partial charge >= 0.3 is 5.97 Å². The number of aromatic carboxylic acids is 1. The van der Waals surface area contributed by atoms with Crippen LogP contribution in [0.1, 0.15) is 23.3 Å². The lowest BCUT2D eigenvalue weighted by Crippen LogP contribution is -2.11. The summed E-state index contributed by atoms with van der Waals surface area (Å²) in [6.07, 6.45) is 1.91. The molecule has 0 bridgehead atoms. The largest absolute Gasteiger partial charge is 0.477 e. The Labute approximate surface area is 89.1 Å². The first kappa shape index (κ1) is 10.1. The fraction of sp³-hybridized carbons (Fsp3) is 0.333. The maximum atomic E-state index is 11.5. The highest BCUT2D eigenvalue weighted by Gasteiger charge is 2.28. The minimum atomic E-state index is -1.14. The molecule has 2 rings (SSSR count). The van der Waals surface area contributed by atoms with Crippen LogP contribution in [0.4, 0.5) is 5.82 Å². The average molecular weight is 226 g/mol. The molecule has 1 aliphatic carbocycles. The number of hydrogen-bond acceptors (Lipinski definition) is 3. The molecule has 1 unspecified atom stereocenters. The Morgan fingerprint density at radius 3 is 2.87 bits per heavy atom. The Bertz CT molecular complexity index is 418. The number of pyridine rings is 1. The molecule has 1 aromatic heterocycles. The fourth-order valence-corrected chi connectivity index (χ4v) is 2.13. The molecule has 0 spiro atoms. The number of aromatic nitrogens is 1. The summed E-state index contributed by atoms with van der Waals surface area (Å²) >= 11 is 0. The molecule has 1 aromatic rings. The summed E-state index contributed by atoms with van der Waals surface area (Å²) < 4.78 is 14.2. The van der Waals surface area contributed by atoms with Crippen molar-refractivity contribution in [2.75, 3.05) is 4.72 Å². The van der Waals surface area contributed by atoms with Crippen LogP contribution >= 0.6 is 0 Å². The summed E-state index contributed by atoms with van der Waals surface area (Å²) in [7, 11) is -1.14. The van der Waals surface area contributed by atoms with Crippen LogP contribution in [-0.2, 0) is 11.0 Å². The molecule has 80 valence electrons. The van der Waals surface area contributed by atoms with Crippen LogP contribution in [0.15, 0.2) is 18.2 Å². The van der Waals surface area contributed by atoms with Gasteiger partial charge in [0, 0.05) is 0 Å². The fourth-order valence-electron chi connectivity index (χ4n) is 1.08. The topological polar surface area (TPSA) is 79.3 Å². The van der Waals surface area contributed by atoms with Gasteiger partial charge in [0.2, 0.25) is 0 Å². The summed E-state index contributed by atoms with van der Waals surface area (Å²) in [6, 6.07) is 4.57. The van der Waals surface area contributed by atoms with Gasteiger partial charge < -0.3 is 5.11 Å². The predicted octanol–water partition coefficient (Wildman–Crippen LogP) is 1.02. The molecule has 5 nitrogen and oxygen atoms in total. The van der Waals surface area contributed by atoms with E-state index in [1.165, 1.54) is 6.07 Å². The van der Waals surface area contributed by atoms with Crippen molar-refractivity contribution >= 4 is 22.8 Å². The van der Waals surface area contributed by atoms with Crippen LogP contribution in [0.25, 0.3) is 0 Å². The number of carboxylic acid groups (broad SMARTS) is 1. The normalized spacial score (nSPS) is 17.1. The first-order chi connectivity index (χ1) is 7.16. The SMILES string of the molecule is O=C(O)c1cccc(NS(=O)C2CC2)n1. The minimum Gasteiger partial charge on any atom is -0.477 e. The second-order valence-electron chi connectivity index (χ2n) is 3.31. The molecule has 0 amide bonds. The van der Waals surface area contributed by atoms with Crippen LogP contribution in [0.5, 0.6) is 0 Å². The van der Waals surface area contributed by atoms with E-state index < -0.39 is 17.0 Å². The molecule has 1 saturated carbocycles. The molecule has 6 heteroatoms. The van der Waals surface area contributed by atoms with Gasteiger partial charge in [-0.3, -0.25) is 4.72 Å². The zero-order chi connectivity index (χ0) is 10.8. The Kier molecular flexibility index (Phi) is 2.68. The van der Waals surface area contributed by atoms with Crippen LogP contribution in [0, 0.1) is 0 Å². The minimum absolute atomic E-state index is 0.0483. The maximum Gasteiger partial charge on any atom is 0.354 e. The van der Waals surface area contributed by atoms with E-state index in [1.807, 2.05) is 0 Å². The van der Waals surface area contributed by atoms with Gasteiger partial charge in [-0.15, -0.1) is 0 Å². The Morgan fingerprint density at radius 1 is 1.53 bits per heavy atom. The Morgan fingerprint density at radius 2 is 2.27 bits per heavy atom. The van der Waals surface area contributed by atoms with Gasteiger partial charge in [0.05, 0.1) is 5.25 Å². The van der Waals surface area contributed by atoms with E-state index in [4.69, 9.17) is 5.11 Å². The van der Waals surface area contributed by atoms with E-state index in [2.05, 4.69) is 9.71 Å². The highest BCUT2D eigenvalue weighted by Crippen LogP contribution is 2.26. The molecule has 1 fully saturated rings. The van der Waals surface area contributed by atoms with E-state index in [-0.39, 0.29) is 10.9 Å². The van der Waals surface area contributed by atoms with Crippen LogP contribution in [0.2, 0.25) is 0 Å². The van der Waals surface area contributed by atoms with Crippen LogP contribution in [0.3, 0.4) is 0 Å². The molecule has 15 heavy (non-hydrogen) atoms. The Hall–Kier alpha value is -1.43. The number of rotatable bonds is 4. The summed E-state index contributed by atoms with van der Waals surface area (Å²) in [5, 5.41) is 8.89. The van der Waals surface area contributed by atoms with Crippen molar-refractivity contribution in [2.24, 2.45) is 0 Å². The van der Waals surface area contributed by atoms with Gasteiger partial charge in [0.25, 0.3) is 0 Å². The van der Waals surface area contributed by atoms with Crippen molar-refractivity contribution in [3.05, 3.63) is 23.9 Å². The molecular formula is C9H10N2O3S. The molecule has 1 heterocycles. The summed E-state index contributed by atoms with van der Waals surface area (Å²) in [5.41, 5.74) is -0.0483. The third-order valence-corrected chi connectivity index (χ3v) is 3.49. The molecule has 0 aromatic carbocycles. The maximum absolute atomic E-state index is 11.5. The highest BCUT2D eigenvalue weighted by atomic mass is 32.2. The average Bonchev–Trinajstić information content (AvgIpc) is 3.01. The molecule has 1 atom stereocenters.